The molecule has 1 unspecified atom stereocenters. The van der Waals surface area contributed by atoms with Gasteiger partial charge in [-0.15, -0.1) is 0 Å². The highest BCUT2D eigenvalue weighted by atomic mass is 35.5. The SMILES string of the molecule is C[C@H](N)Cn1cc(C(=O)C2COc3ccc(Cl)cc3C2)c2ccc(-c3cn[nH]c3Cl)cc21. The van der Waals surface area contributed by atoms with Gasteiger partial charge in [-0.3, -0.25) is 9.89 Å². The number of nitrogens with zero attached hydrogens (tertiary/aromatic N) is 2. The van der Waals surface area contributed by atoms with Crippen molar-refractivity contribution >= 4 is 39.9 Å². The Hall–Kier alpha value is -2.80. The summed E-state index contributed by atoms with van der Waals surface area (Å²) in [6.45, 7) is 2.88. The zero-order valence-electron chi connectivity index (χ0n) is 17.4. The summed E-state index contributed by atoms with van der Waals surface area (Å²) in [5.41, 5.74) is 10.4. The van der Waals surface area contributed by atoms with E-state index >= 15 is 0 Å². The first-order valence-electron chi connectivity index (χ1n) is 10.4. The van der Waals surface area contributed by atoms with Gasteiger partial charge in [0.1, 0.15) is 10.9 Å². The smallest absolute Gasteiger partial charge is 0.171 e. The molecule has 0 aliphatic carbocycles. The molecule has 0 fully saturated rings. The predicted molar refractivity (Wildman–Crippen MR) is 127 cm³/mol. The van der Waals surface area contributed by atoms with Crippen molar-refractivity contribution < 1.29 is 9.53 Å². The summed E-state index contributed by atoms with van der Waals surface area (Å²) in [7, 11) is 0. The predicted octanol–water partition coefficient (Wildman–Crippen LogP) is 5.12. The number of ketones is 1. The molecule has 2 atom stereocenters. The molecule has 0 saturated carbocycles. The van der Waals surface area contributed by atoms with Crippen molar-refractivity contribution in [3.63, 3.8) is 0 Å². The maximum atomic E-state index is 13.6. The van der Waals surface area contributed by atoms with E-state index in [0.717, 1.165) is 33.3 Å². The van der Waals surface area contributed by atoms with Crippen LogP contribution in [-0.4, -0.2) is 33.2 Å². The number of hydrogen-bond donors (Lipinski definition) is 2. The lowest BCUT2D eigenvalue weighted by molar-refractivity contribution is 0.0856. The average Bonchev–Trinajstić information content (AvgIpc) is 3.35. The van der Waals surface area contributed by atoms with Crippen LogP contribution in [0.3, 0.4) is 0 Å². The van der Waals surface area contributed by atoms with E-state index in [1.165, 1.54) is 0 Å². The van der Waals surface area contributed by atoms with Crippen LogP contribution in [0.2, 0.25) is 10.2 Å². The highest BCUT2D eigenvalue weighted by molar-refractivity contribution is 6.32. The molecule has 1 aliphatic rings. The van der Waals surface area contributed by atoms with Crippen molar-refractivity contribution in [2.24, 2.45) is 11.7 Å². The number of fused-ring (bicyclic) bond motifs is 2. The van der Waals surface area contributed by atoms with Crippen LogP contribution >= 0.6 is 23.2 Å². The van der Waals surface area contributed by atoms with Crippen LogP contribution in [-0.2, 0) is 13.0 Å². The van der Waals surface area contributed by atoms with Crippen LogP contribution in [0.5, 0.6) is 5.75 Å². The minimum absolute atomic E-state index is 0.0538. The monoisotopic (exact) mass is 468 g/mol. The van der Waals surface area contributed by atoms with Gasteiger partial charge in [0.05, 0.1) is 18.7 Å². The Bertz CT molecular complexity index is 1330. The van der Waals surface area contributed by atoms with Crippen molar-refractivity contribution in [3.8, 4) is 16.9 Å². The lowest BCUT2D eigenvalue weighted by Gasteiger charge is -2.24. The Kier molecular flexibility index (Phi) is 5.45. The number of carbonyl (C=O) groups excluding carboxylic acids is 1. The Morgan fingerprint density at radius 1 is 1.31 bits per heavy atom. The van der Waals surface area contributed by atoms with Gasteiger partial charge in [-0.05, 0) is 48.7 Å². The lowest BCUT2D eigenvalue weighted by atomic mass is 9.89. The van der Waals surface area contributed by atoms with Gasteiger partial charge in [0.2, 0.25) is 0 Å². The lowest BCUT2D eigenvalue weighted by Crippen LogP contribution is -2.28. The van der Waals surface area contributed by atoms with E-state index in [0.29, 0.717) is 35.3 Å². The molecular formula is C24H22Cl2N4O2. The minimum Gasteiger partial charge on any atom is -0.493 e. The van der Waals surface area contributed by atoms with Gasteiger partial charge in [0, 0.05) is 45.8 Å². The number of halogens is 2. The van der Waals surface area contributed by atoms with Crippen LogP contribution in [0.15, 0.2) is 48.8 Å². The fourth-order valence-corrected chi connectivity index (χ4v) is 4.74. The largest absolute Gasteiger partial charge is 0.493 e. The maximum Gasteiger partial charge on any atom is 0.171 e. The molecule has 3 N–H and O–H groups in total. The van der Waals surface area contributed by atoms with Crippen molar-refractivity contribution in [1.82, 2.24) is 14.8 Å². The van der Waals surface area contributed by atoms with Gasteiger partial charge in [0.25, 0.3) is 0 Å². The van der Waals surface area contributed by atoms with E-state index in [9.17, 15) is 4.79 Å². The van der Waals surface area contributed by atoms with Crippen LogP contribution in [0.1, 0.15) is 22.8 Å². The first-order valence-corrected chi connectivity index (χ1v) is 11.2. The standard InChI is InChI=1S/C24H22Cl2N4O2/c1-13(27)10-30-11-20(18-4-2-14(8-21(18)30)19-9-28-29-24(19)26)23(31)16-6-15-7-17(25)3-5-22(15)32-12-16/h2-5,7-9,11,13,16H,6,10,12,27H2,1H3,(H,28,29)/t13-,16?/m0/s1. The number of ether oxygens (including phenoxy) is 1. The maximum absolute atomic E-state index is 13.6. The molecule has 6 nitrogen and oxygen atoms in total. The van der Waals surface area contributed by atoms with Crippen molar-refractivity contribution in [1.29, 1.82) is 0 Å². The molecule has 5 rings (SSSR count). The third kappa shape index (κ3) is 3.79. The number of aromatic amines is 1. The van der Waals surface area contributed by atoms with Gasteiger partial charge in [0.15, 0.2) is 5.78 Å². The van der Waals surface area contributed by atoms with Crippen molar-refractivity contribution in [3.05, 3.63) is 70.1 Å². The number of carbonyl (C=O) groups is 1. The minimum atomic E-state index is -0.279. The van der Waals surface area contributed by atoms with E-state index in [1.54, 1.807) is 12.3 Å². The number of rotatable bonds is 5. The molecule has 0 bridgehead atoms. The Labute approximate surface area is 195 Å². The van der Waals surface area contributed by atoms with Crippen molar-refractivity contribution in [2.45, 2.75) is 25.9 Å². The molecule has 4 aromatic rings. The summed E-state index contributed by atoms with van der Waals surface area (Å²) in [6.07, 6.45) is 4.19. The first-order chi connectivity index (χ1) is 15.4. The second-order valence-corrected chi connectivity index (χ2v) is 9.14. The average molecular weight is 469 g/mol. The summed E-state index contributed by atoms with van der Waals surface area (Å²) in [6, 6.07) is 11.4. The summed E-state index contributed by atoms with van der Waals surface area (Å²) < 4.78 is 7.91. The Morgan fingerprint density at radius 3 is 2.91 bits per heavy atom. The number of benzene rings is 2. The number of nitrogens with one attached hydrogen (secondary N) is 1. The Balaban J connectivity index is 1.55. The second-order valence-electron chi connectivity index (χ2n) is 8.33. The molecule has 8 heteroatoms. The highest BCUT2D eigenvalue weighted by Gasteiger charge is 2.29. The van der Waals surface area contributed by atoms with Gasteiger partial charge in [-0.2, -0.15) is 5.10 Å². The quantitative estimate of drug-likeness (QED) is 0.398. The van der Waals surface area contributed by atoms with Crippen molar-refractivity contribution in [2.75, 3.05) is 6.61 Å². The molecule has 3 heterocycles. The van der Waals surface area contributed by atoms with Crippen LogP contribution in [0.4, 0.5) is 0 Å². The molecule has 0 radical (unpaired) electrons. The molecule has 0 amide bonds. The third-order valence-corrected chi connectivity index (χ3v) is 6.36. The Morgan fingerprint density at radius 2 is 2.16 bits per heavy atom. The normalized spacial score (nSPS) is 16.6. The van der Waals surface area contributed by atoms with E-state index in [-0.39, 0.29) is 17.7 Å². The van der Waals surface area contributed by atoms with Gasteiger partial charge >= 0.3 is 0 Å². The summed E-state index contributed by atoms with van der Waals surface area (Å²) in [5.74, 6) is 0.566. The van der Waals surface area contributed by atoms with E-state index in [1.807, 2.05) is 48.0 Å². The van der Waals surface area contributed by atoms with E-state index in [4.69, 9.17) is 33.7 Å². The molecule has 0 saturated heterocycles. The van der Waals surface area contributed by atoms with Crippen LogP contribution in [0.25, 0.3) is 22.0 Å². The third-order valence-electron chi connectivity index (χ3n) is 5.84. The number of nitrogens with two attached hydrogens (primary N) is 1. The summed E-state index contributed by atoms with van der Waals surface area (Å²) in [4.78, 5) is 13.6. The molecule has 164 valence electrons. The highest BCUT2D eigenvalue weighted by Crippen LogP contribution is 2.35. The van der Waals surface area contributed by atoms with Crippen LogP contribution in [0, 0.1) is 5.92 Å². The van der Waals surface area contributed by atoms with E-state index < -0.39 is 0 Å². The molecule has 32 heavy (non-hydrogen) atoms. The zero-order chi connectivity index (χ0) is 22.4. The summed E-state index contributed by atoms with van der Waals surface area (Å²) in [5, 5.41) is 8.76. The van der Waals surface area contributed by atoms with E-state index in [2.05, 4.69) is 10.2 Å². The van der Waals surface area contributed by atoms with Gasteiger partial charge < -0.3 is 15.0 Å². The van der Waals surface area contributed by atoms with Gasteiger partial charge in [-0.1, -0.05) is 35.3 Å². The fourth-order valence-electron chi connectivity index (χ4n) is 4.34. The number of aromatic nitrogens is 3. The van der Waals surface area contributed by atoms with Gasteiger partial charge in [-0.25, -0.2) is 0 Å². The first kappa shape index (κ1) is 21.1. The molecule has 1 aliphatic heterocycles. The molecule has 0 spiro atoms. The molecule has 2 aromatic carbocycles. The van der Waals surface area contributed by atoms with Crippen LogP contribution < -0.4 is 10.5 Å². The number of hydrogen-bond acceptors (Lipinski definition) is 4. The number of Topliss-reactive ketones (excluding diaryl/α,β-unsaturated/α-hetero) is 1. The molecular weight excluding hydrogens is 447 g/mol. The fraction of sp³-hybridized carbons (Fsp3) is 0.250. The second kappa shape index (κ2) is 8.28. The topological polar surface area (TPSA) is 85.9 Å². The zero-order valence-corrected chi connectivity index (χ0v) is 19.0. The number of H-pyrrole nitrogens is 1. The molecule has 2 aromatic heterocycles. The summed E-state index contributed by atoms with van der Waals surface area (Å²) >= 11 is 12.4.